The van der Waals surface area contributed by atoms with Gasteiger partial charge in [-0.1, -0.05) is 17.4 Å². The third-order valence-electron chi connectivity index (χ3n) is 3.85. The van der Waals surface area contributed by atoms with Crippen LogP contribution in [-0.4, -0.2) is 39.9 Å². The molecule has 2 heterocycles. The molecular formula is C18H20N4O4S. The third-order valence-corrected chi connectivity index (χ3v) is 4.89. The third kappa shape index (κ3) is 3.92. The number of amides is 1. The van der Waals surface area contributed by atoms with Gasteiger partial charge >= 0.3 is 5.97 Å². The normalized spacial score (nSPS) is 11.8. The minimum atomic E-state index is -0.485. The second-order valence-corrected chi connectivity index (χ2v) is 6.90. The average Bonchev–Trinajstić information content (AvgIpc) is 3.15. The zero-order valence-electron chi connectivity index (χ0n) is 15.6. The van der Waals surface area contributed by atoms with Gasteiger partial charge in [-0.15, -0.1) is 5.10 Å². The Kier molecular flexibility index (Phi) is 5.41. The van der Waals surface area contributed by atoms with Gasteiger partial charge in [0.25, 0.3) is 5.91 Å². The number of thiazole rings is 1. The van der Waals surface area contributed by atoms with Crippen molar-refractivity contribution in [1.29, 1.82) is 0 Å². The Morgan fingerprint density at radius 1 is 1.33 bits per heavy atom. The largest absolute Gasteiger partial charge is 0.479 e. The molecule has 3 aromatic rings. The minimum Gasteiger partial charge on any atom is -0.479 e. The topological polar surface area (TPSA) is 87.7 Å². The fourth-order valence-corrected chi connectivity index (χ4v) is 3.79. The number of aryl methyl sites for hydroxylation is 2. The van der Waals surface area contributed by atoms with E-state index in [0.717, 1.165) is 15.8 Å². The predicted octanol–water partition coefficient (Wildman–Crippen LogP) is 2.06. The van der Waals surface area contributed by atoms with E-state index in [2.05, 4.69) is 10.1 Å². The number of benzene rings is 1. The highest BCUT2D eigenvalue weighted by Gasteiger charge is 2.17. The van der Waals surface area contributed by atoms with Crippen molar-refractivity contribution in [3.8, 4) is 5.88 Å². The van der Waals surface area contributed by atoms with Crippen LogP contribution < -0.4 is 9.54 Å². The van der Waals surface area contributed by atoms with Crippen molar-refractivity contribution in [2.45, 2.75) is 20.4 Å². The van der Waals surface area contributed by atoms with E-state index >= 15 is 0 Å². The molecular weight excluding hydrogens is 368 g/mol. The van der Waals surface area contributed by atoms with Crippen molar-refractivity contribution in [1.82, 2.24) is 14.3 Å². The number of carbonyl (C=O) groups excluding carboxylic acids is 2. The predicted molar refractivity (Wildman–Crippen MR) is 101 cm³/mol. The lowest BCUT2D eigenvalue weighted by Gasteiger charge is -2.05. The van der Waals surface area contributed by atoms with E-state index in [1.807, 2.05) is 25.1 Å². The molecule has 0 unspecified atom stereocenters. The molecule has 0 aliphatic heterocycles. The molecule has 0 saturated carbocycles. The molecule has 0 bridgehead atoms. The highest BCUT2D eigenvalue weighted by Crippen LogP contribution is 2.20. The van der Waals surface area contributed by atoms with Crippen LogP contribution in [-0.2, 0) is 23.1 Å². The van der Waals surface area contributed by atoms with Gasteiger partial charge in [-0.05, 0) is 31.5 Å². The van der Waals surface area contributed by atoms with Crippen LogP contribution in [0.1, 0.15) is 22.8 Å². The van der Waals surface area contributed by atoms with Crippen LogP contribution in [0.4, 0.5) is 0 Å². The van der Waals surface area contributed by atoms with Gasteiger partial charge in [0, 0.05) is 13.2 Å². The molecule has 0 aliphatic carbocycles. The van der Waals surface area contributed by atoms with Gasteiger partial charge in [-0.25, -0.2) is 0 Å². The van der Waals surface area contributed by atoms with Crippen molar-refractivity contribution in [2.24, 2.45) is 12.0 Å². The molecule has 0 N–H and O–H groups in total. The number of hydrogen-bond acceptors (Lipinski definition) is 6. The molecule has 2 aromatic heterocycles. The van der Waals surface area contributed by atoms with E-state index in [1.54, 1.807) is 24.7 Å². The lowest BCUT2D eigenvalue weighted by atomic mass is 10.2. The lowest BCUT2D eigenvalue weighted by molar-refractivity contribution is -0.143. The summed E-state index contributed by atoms with van der Waals surface area (Å²) in [6, 6.07) is 5.86. The highest BCUT2D eigenvalue weighted by molar-refractivity contribution is 7.16. The first-order valence-electron chi connectivity index (χ1n) is 8.35. The molecule has 27 heavy (non-hydrogen) atoms. The van der Waals surface area contributed by atoms with Gasteiger partial charge in [0.1, 0.15) is 12.1 Å². The number of nitrogens with zero attached hydrogens (tertiary/aromatic N) is 4. The SMILES string of the molecule is CCOC(=O)Cn1c(=NC(=O)c2cn(C)nc2OC)sc2cc(C)ccc21. The smallest absolute Gasteiger partial charge is 0.326 e. The molecule has 3 rings (SSSR count). The first-order chi connectivity index (χ1) is 12.9. The van der Waals surface area contributed by atoms with Crippen molar-refractivity contribution < 1.29 is 19.1 Å². The summed E-state index contributed by atoms with van der Waals surface area (Å²) in [5.74, 6) is -0.661. The van der Waals surface area contributed by atoms with Crippen molar-refractivity contribution >= 4 is 33.4 Å². The summed E-state index contributed by atoms with van der Waals surface area (Å²) < 4.78 is 14.3. The van der Waals surface area contributed by atoms with Gasteiger partial charge in [0.05, 0.1) is 23.9 Å². The summed E-state index contributed by atoms with van der Waals surface area (Å²) in [7, 11) is 3.14. The number of carbonyl (C=O) groups is 2. The fraction of sp³-hybridized carbons (Fsp3) is 0.333. The molecule has 0 saturated heterocycles. The summed E-state index contributed by atoms with van der Waals surface area (Å²) in [6.45, 7) is 4.00. The molecule has 0 atom stereocenters. The number of esters is 1. The summed E-state index contributed by atoms with van der Waals surface area (Å²) in [6.07, 6.45) is 1.55. The zero-order chi connectivity index (χ0) is 19.6. The van der Waals surface area contributed by atoms with Crippen LogP contribution in [0.3, 0.4) is 0 Å². The average molecular weight is 388 g/mol. The van der Waals surface area contributed by atoms with Gasteiger partial charge in [0.2, 0.25) is 5.88 Å². The first-order valence-corrected chi connectivity index (χ1v) is 9.17. The van der Waals surface area contributed by atoms with Crippen LogP contribution in [0.5, 0.6) is 5.88 Å². The number of fused-ring (bicyclic) bond motifs is 1. The number of aromatic nitrogens is 3. The summed E-state index contributed by atoms with van der Waals surface area (Å²) in [4.78, 5) is 29.4. The van der Waals surface area contributed by atoms with E-state index in [0.29, 0.717) is 11.4 Å². The molecule has 0 fully saturated rings. The van der Waals surface area contributed by atoms with Crippen LogP contribution in [0.15, 0.2) is 29.4 Å². The van der Waals surface area contributed by atoms with Crippen molar-refractivity contribution in [2.75, 3.05) is 13.7 Å². The molecule has 8 nitrogen and oxygen atoms in total. The molecule has 0 aliphatic rings. The molecule has 1 aromatic carbocycles. The van der Waals surface area contributed by atoms with Gasteiger partial charge in [0.15, 0.2) is 4.80 Å². The zero-order valence-corrected chi connectivity index (χ0v) is 16.4. The van der Waals surface area contributed by atoms with Crippen LogP contribution in [0.25, 0.3) is 10.2 Å². The number of hydrogen-bond donors (Lipinski definition) is 0. The Morgan fingerprint density at radius 3 is 2.81 bits per heavy atom. The maximum absolute atomic E-state index is 12.7. The number of methoxy groups -OCH3 is 1. The van der Waals surface area contributed by atoms with Gasteiger partial charge < -0.3 is 14.0 Å². The van der Waals surface area contributed by atoms with E-state index in [-0.39, 0.29) is 24.0 Å². The molecule has 0 spiro atoms. The maximum Gasteiger partial charge on any atom is 0.326 e. The molecule has 0 radical (unpaired) electrons. The summed E-state index contributed by atoms with van der Waals surface area (Å²) in [5, 5.41) is 4.08. The van der Waals surface area contributed by atoms with E-state index in [1.165, 1.54) is 23.1 Å². The molecule has 142 valence electrons. The van der Waals surface area contributed by atoms with Crippen LogP contribution in [0, 0.1) is 6.92 Å². The quantitative estimate of drug-likeness (QED) is 0.625. The van der Waals surface area contributed by atoms with Crippen molar-refractivity contribution in [3.05, 3.63) is 40.3 Å². The lowest BCUT2D eigenvalue weighted by Crippen LogP contribution is -2.23. The van der Waals surface area contributed by atoms with Gasteiger partial charge in [-0.3, -0.25) is 14.3 Å². The standard InChI is InChI=1S/C18H20N4O4S/c1-5-26-15(23)10-22-13-7-6-11(2)8-14(13)27-18(22)19-16(24)12-9-21(3)20-17(12)25-4/h6-9H,5,10H2,1-4H3. The van der Waals surface area contributed by atoms with E-state index < -0.39 is 5.91 Å². The minimum absolute atomic E-state index is 0.0206. The highest BCUT2D eigenvalue weighted by atomic mass is 32.1. The first kappa shape index (κ1) is 18.8. The fourth-order valence-electron chi connectivity index (χ4n) is 2.67. The number of ether oxygens (including phenoxy) is 2. The Balaban J connectivity index is 2.12. The monoisotopic (exact) mass is 388 g/mol. The Labute approximate surface area is 159 Å². The Bertz CT molecular complexity index is 1080. The summed E-state index contributed by atoms with van der Waals surface area (Å²) >= 11 is 1.34. The Hall–Kier alpha value is -2.94. The van der Waals surface area contributed by atoms with E-state index in [9.17, 15) is 9.59 Å². The maximum atomic E-state index is 12.7. The van der Waals surface area contributed by atoms with Crippen LogP contribution >= 0.6 is 11.3 Å². The second kappa shape index (κ2) is 7.75. The molecule has 9 heteroatoms. The Morgan fingerprint density at radius 2 is 2.11 bits per heavy atom. The van der Waals surface area contributed by atoms with Crippen LogP contribution in [0.2, 0.25) is 0 Å². The summed E-state index contributed by atoms with van der Waals surface area (Å²) in [5.41, 5.74) is 2.17. The van der Waals surface area contributed by atoms with Gasteiger partial charge in [-0.2, -0.15) is 4.99 Å². The molecule has 1 amide bonds. The van der Waals surface area contributed by atoms with E-state index in [4.69, 9.17) is 9.47 Å². The number of rotatable bonds is 5. The second-order valence-electron chi connectivity index (χ2n) is 5.89. The van der Waals surface area contributed by atoms with Crippen molar-refractivity contribution in [3.63, 3.8) is 0 Å².